The van der Waals surface area contributed by atoms with Gasteiger partial charge in [0.1, 0.15) is 5.75 Å². The maximum absolute atomic E-state index is 12.6. The van der Waals surface area contributed by atoms with Gasteiger partial charge in [0, 0.05) is 5.56 Å². The van der Waals surface area contributed by atoms with Crippen molar-refractivity contribution in [2.24, 2.45) is 0 Å². The molecule has 2 aromatic rings. The quantitative estimate of drug-likeness (QED) is 0.795. The van der Waals surface area contributed by atoms with Crippen LogP contribution in [0.3, 0.4) is 0 Å². The van der Waals surface area contributed by atoms with Gasteiger partial charge in [-0.25, -0.2) is 4.90 Å². The average molecular weight is 281 g/mol. The van der Waals surface area contributed by atoms with Crippen LogP contribution in [0.25, 0.3) is 0 Å². The van der Waals surface area contributed by atoms with Crippen molar-refractivity contribution in [1.29, 1.82) is 0 Å². The molecule has 0 aliphatic carbocycles. The van der Waals surface area contributed by atoms with Crippen LogP contribution in [-0.2, 0) is 4.79 Å². The molecule has 0 aromatic heterocycles. The molecule has 2 aromatic carbocycles. The fourth-order valence-electron chi connectivity index (χ4n) is 2.59. The number of ether oxygens (including phenoxy) is 1. The number of carbonyl (C=O) groups excluding carboxylic acids is 2. The van der Waals surface area contributed by atoms with Crippen molar-refractivity contribution >= 4 is 17.5 Å². The van der Waals surface area contributed by atoms with Crippen LogP contribution in [0.5, 0.6) is 5.75 Å². The molecule has 0 saturated heterocycles. The monoisotopic (exact) mass is 281 g/mol. The fourth-order valence-corrected chi connectivity index (χ4v) is 2.59. The van der Waals surface area contributed by atoms with E-state index < -0.39 is 0 Å². The number of anilines is 1. The Morgan fingerprint density at radius 1 is 1.00 bits per heavy atom. The zero-order chi connectivity index (χ0) is 15.0. The molecule has 4 nitrogen and oxygen atoms in total. The molecule has 1 unspecified atom stereocenters. The third-order valence-corrected chi connectivity index (χ3v) is 3.78. The third kappa shape index (κ3) is 2.09. The van der Waals surface area contributed by atoms with E-state index in [0.717, 1.165) is 5.56 Å². The van der Waals surface area contributed by atoms with Crippen molar-refractivity contribution < 1.29 is 14.3 Å². The van der Waals surface area contributed by atoms with Crippen LogP contribution < -0.4 is 9.64 Å². The lowest BCUT2D eigenvalue weighted by atomic mass is 9.89. The summed E-state index contributed by atoms with van der Waals surface area (Å²) in [6.45, 7) is 1.82. The van der Waals surface area contributed by atoms with Gasteiger partial charge in [0.2, 0.25) is 5.91 Å². The smallest absolute Gasteiger partial charge is 0.265 e. The lowest BCUT2D eigenvalue weighted by Gasteiger charge is -2.30. The number of benzene rings is 2. The molecule has 106 valence electrons. The highest BCUT2D eigenvalue weighted by atomic mass is 16.5. The Bertz CT molecular complexity index is 706. The summed E-state index contributed by atoms with van der Waals surface area (Å²) in [7, 11) is 1.57. The number of nitrogens with zero attached hydrogens (tertiary/aromatic N) is 1. The first-order valence-electron chi connectivity index (χ1n) is 6.74. The van der Waals surface area contributed by atoms with Crippen LogP contribution >= 0.6 is 0 Å². The van der Waals surface area contributed by atoms with Gasteiger partial charge in [-0.2, -0.15) is 0 Å². The van der Waals surface area contributed by atoms with Crippen LogP contribution in [0.15, 0.2) is 48.5 Å². The minimum atomic E-state index is -0.332. The van der Waals surface area contributed by atoms with Gasteiger partial charge in [-0.3, -0.25) is 9.59 Å². The second-order valence-electron chi connectivity index (χ2n) is 4.99. The van der Waals surface area contributed by atoms with E-state index >= 15 is 0 Å². The van der Waals surface area contributed by atoms with Gasteiger partial charge < -0.3 is 4.74 Å². The lowest BCUT2D eigenvalue weighted by molar-refractivity contribution is -0.119. The van der Waals surface area contributed by atoms with E-state index in [1.54, 1.807) is 37.4 Å². The van der Waals surface area contributed by atoms with E-state index in [2.05, 4.69) is 0 Å². The largest absolute Gasteiger partial charge is 0.497 e. The fraction of sp³-hybridized carbons (Fsp3) is 0.176. The standard InChI is InChI=1S/C17H15NO3/c1-11-14-5-3-4-6-15(14)17(20)18(16(11)19)12-7-9-13(21-2)10-8-12/h3-11H,1-2H3. The van der Waals surface area contributed by atoms with E-state index in [0.29, 0.717) is 17.0 Å². The van der Waals surface area contributed by atoms with Gasteiger partial charge in [-0.15, -0.1) is 0 Å². The number of rotatable bonds is 2. The maximum atomic E-state index is 12.6. The summed E-state index contributed by atoms with van der Waals surface area (Å²) in [5.74, 6) is -0.132. The van der Waals surface area contributed by atoms with Crippen LogP contribution in [-0.4, -0.2) is 18.9 Å². The Morgan fingerprint density at radius 3 is 2.33 bits per heavy atom. The highest BCUT2D eigenvalue weighted by Gasteiger charge is 2.36. The number of methoxy groups -OCH3 is 1. The first-order chi connectivity index (χ1) is 10.1. The van der Waals surface area contributed by atoms with Gasteiger partial charge in [0.25, 0.3) is 5.91 Å². The van der Waals surface area contributed by atoms with Gasteiger partial charge in [-0.1, -0.05) is 18.2 Å². The predicted octanol–water partition coefficient (Wildman–Crippen LogP) is 2.99. The maximum Gasteiger partial charge on any atom is 0.265 e. The van der Waals surface area contributed by atoms with Crippen molar-refractivity contribution in [2.45, 2.75) is 12.8 Å². The first-order valence-corrected chi connectivity index (χ1v) is 6.74. The van der Waals surface area contributed by atoms with Crippen molar-refractivity contribution in [3.8, 4) is 5.75 Å². The number of hydrogen-bond acceptors (Lipinski definition) is 3. The summed E-state index contributed by atoms with van der Waals surface area (Å²) in [6, 6.07) is 14.2. The van der Waals surface area contributed by atoms with Gasteiger partial charge in [0.05, 0.1) is 18.7 Å². The molecular weight excluding hydrogens is 266 g/mol. The van der Waals surface area contributed by atoms with Gasteiger partial charge >= 0.3 is 0 Å². The Balaban J connectivity index is 2.07. The number of amides is 2. The molecule has 21 heavy (non-hydrogen) atoms. The Kier molecular flexibility index (Phi) is 3.22. The van der Waals surface area contributed by atoms with E-state index in [4.69, 9.17) is 4.74 Å². The molecule has 3 rings (SSSR count). The van der Waals surface area contributed by atoms with Crippen molar-refractivity contribution in [3.63, 3.8) is 0 Å². The van der Waals surface area contributed by atoms with Crippen molar-refractivity contribution in [3.05, 3.63) is 59.7 Å². The zero-order valence-corrected chi connectivity index (χ0v) is 11.9. The molecule has 1 aliphatic rings. The van der Waals surface area contributed by atoms with Crippen LogP contribution in [0.1, 0.15) is 28.8 Å². The number of carbonyl (C=O) groups is 2. The Morgan fingerprint density at radius 2 is 1.67 bits per heavy atom. The molecule has 0 spiro atoms. The highest BCUT2D eigenvalue weighted by molar-refractivity contribution is 6.26. The molecule has 0 saturated carbocycles. The molecule has 0 fully saturated rings. The number of hydrogen-bond donors (Lipinski definition) is 0. The lowest BCUT2D eigenvalue weighted by Crippen LogP contribution is -2.44. The summed E-state index contributed by atoms with van der Waals surface area (Å²) in [6.07, 6.45) is 0. The number of imide groups is 1. The van der Waals surface area contributed by atoms with Crippen molar-refractivity contribution in [2.75, 3.05) is 12.0 Å². The van der Waals surface area contributed by atoms with E-state index in [1.165, 1.54) is 4.90 Å². The van der Waals surface area contributed by atoms with E-state index in [-0.39, 0.29) is 17.7 Å². The molecule has 1 atom stereocenters. The second-order valence-corrected chi connectivity index (χ2v) is 4.99. The summed E-state index contributed by atoms with van der Waals surface area (Å²) in [5.41, 5.74) is 1.94. The normalized spacial score (nSPS) is 17.6. The molecule has 0 N–H and O–H groups in total. The third-order valence-electron chi connectivity index (χ3n) is 3.78. The van der Waals surface area contributed by atoms with E-state index in [9.17, 15) is 9.59 Å². The molecule has 4 heteroatoms. The summed E-state index contributed by atoms with van der Waals surface area (Å²) < 4.78 is 5.10. The van der Waals surface area contributed by atoms with Crippen molar-refractivity contribution in [1.82, 2.24) is 0 Å². The predicted molar refractivity (Wildman–Crippen MR) is 79.7 cm³/mol. The highest BCUT2D eigenvalue weighted by Crippen LogP contribution is 2.32. The number of fused-ring (bicyclic) bond motifs is 1. The van der Waals surface area contributed by atoms with E-state index in [1.807, 2.05) is 25.1 Å². The minimum absolute atomic E-state index is 0.205. The SMILES string of the molecule is COc1ccc(N2C(=O)c3ccccc3C(C)C2=O)cc1. The summed E-state index contributed by atoms with van der Waals surface area (Å²) >= 11 is 0. The zero-order valence-electron chi connectivity index (χ0n) is 11.9. The summed E-state index contributed by atoms with van der Waals surface area (Å²) in [5, 5.41) is 0. The van der Waals surface area contributed by atoms with Gasteiger partial charge in [0.15, 0.2) is 0 Å². The Labute approximate surface area is 123 Å². The Hall–Kier alpha value is -2.62. The minimum Gasteiger partial charge on any atom is -0.497 e. The average Bonchev–Trinajstić information content (AvgIpc) is 2.53. The topological polar surface area (TPSA) is 46.6 Å². The molecular formula is C17H15NO3. The molecule has 1 aliphatic heterocycles. The van der Waals surface area contributed by atoms with Gasteiger partial charge in [-0.05, 0) is 42.8 Å². The molecule has 0 radical (unpaired) electrons. The molecule has 2 amide bonds. The van der Waals surface area contributed by atoms with Crippen LogP contribution in [0.4, 0.5) is 5.69 Å². The first kappa shape index (κ1) is 13.4. The van der Waals surface area contributed by atoms with Crippen LogP contribution in [0.2, 0.25) is 0 Å². The van der Waals surface area contributed by atoms with Crippen LogP contribution in [0, 0.1) is 0 Å². The molecule has 0 bridgehead atoms. The second kappa shape index (κ2) is 5.05. The molecule has 1 heterocycles. The summed E-state index contributed by atoms with van der Waals surface area (Å²) in [4.78, 5) is 26.4.